The van der Waals surface area contributed by atoms with Crippen LogP contribution < -0.4 is 5.46 Å². The van der Waals surface area contributed by atoms with E-state index in [1.165, 1.54) is 6.08 Å². The highest BCUT2D eigenvalue weighted by Gasteiger charge is 2.52. The predicted molar refractivity (Wildman–Crippen MR) is 121 cm³/mol. The second-order valence-corrected chi connectivity index (χ2v) is 10.2. The minimum atomic E-state index is -0.557. The normalized spacial score (nSPS) is 24.9. The van der Waals surface area contributed by atoms with Crippen molar-refractivity contribution >= 4 is 36.0 Å². The highest BCUT2D eigenvalue weighted by molar-refractivity contribution is 6.62. The molecule has 2 saturated heterocycles. The monoisotopic (exact) mass is 444 g/mol. The number of carbonyl (C=O) groups excluding carboxylic acids is 2. The Hall–Kier alpha value is -1.83. The molecule has 0 unspecified atom stereocenters. The SMILES string of the molecule is C=CC(=O)N1CCN(C(=O)C2CC2)C[C@H]1c1cc(Cl)cc(B2OC(C)(C)C(C)(C)O2)c1. The van der Waals surface area contributed by atoms with E-state index in [0.717, 1.165) is 23.9 Å². The summed E-state index contributed by atoms with van der Waals surface area (Å²) in [4.78, 5) is 28.9. The largest absolute Gasteiger partial charge is 0.494 e. The van der Waals surface area contributed by atoms with E-state index in [1.807, 2.05) is 50.8 Å². The zero-order chi connectivity index (χ0) is 22.6. The van der Waals surface area contributed by atoms with Crippen LogP contribution in [-0.4, -0.2) is 59.6 Å². The molecule has 6 nitrogen and oxygen atoms in total. The van der Waals surface area contributed by atoms with E-state index in [0.29, 0.717) is 24.7 Å². The first kappa shape index (κ1) is 22.4. The van der Waals surface area contributed by atoms with Crippen LogP contribution in [-0.2, 0) is 18.9 Å². The van der Waals surface area contributed by atoms with E-state index in [1.54, 1.807) is 4.90 Å². The highest BCUT2D eigenvalue weighted by Crippen LogP contribution is 2.37. The Morgan fingerprint density at radius 3 is 2.35 bits per heavy atom. The third-order valence-corrected chi connectivity index (χ3v) is 7.15. The number of hydrogen-bond donors (Lipinski definition) is 0. The van der Waals surface area contributed by atoms with Crippen molar-refractivity contribution in [3.63, 3.8) is 0 Å². The molecule has 1 saturated carbocycles. The van der Waals surface area contributed by atoms with Gasteiger partial charge in [0.15, 0.2) is 0 Å². The third kappa shape index (κ3) is 4.28. The van der Waals surface area contributed by atoms with Crippen molar-refractivity contribution in [1.82, 2.24) is 9.80 Å². The summed E-state index contributed by atoms with van der Waals surface area (Å²) < 4.78 is 12.4. The summed E-state index contributed by atoms with van der Waals surface area (Å²) >= 11 is 6.50. The molecule has 1 atom stereocenters. The maximum absolute atomic E-state index is 12.7. The molecular formula is C23H30BClN2O4. The van der Waals surface area contributed by atoms with Gasteiger partial charge in [0.1, 0.15) is 0 Å². The van der Waals surface area contributed by atoms with Gasteiger partial charge < -0.3 is 19.1 Å². The first-order chi connectivity index (χ1) is 14.5. The zero-order valence-electron chi connectivity index (χ0n) is 18.7. The lowest BCUT2D eigenvalue weighted by Gasteiger charge is -2.41. The van der Waals surface area contributed by atoms with Crippen LogP contribution in [0, 0.1) is 5.92 Å². The lowest BCUT2D eigenvalue weighted by atomic mass is 9.77. The van der Waals surface area contributed by atoms with Gasteiger partial charge in [-0.3, -0.25) is 9.59 Å². The van der Waals surface area contributed by atoms with Crippen LogP contribution in [0.3, 0.4) is 0 Å². The molecular weight excluding hydrogens is 415 g/mol. The van der Waals surface area contributed by atoms with Crippen LogP contribution in [0.15, 0.2) is 30.9 Å². The lowest BCUT2D eigenvalue weighted by Crippen LogP contribution is -2.52. The van der Waals surface area contributed by atoms with Crippen molar-refractivity contribution in [2.75, 3.05) is 19.6 Å². The van der Waals surface area contributed by atoms with E-state index >= 15 is 0 Å². The van der Waals surface area contributed by atoms with E-state index in [2.05, 4.69) is 6.58 Å². The number of halogens is 1. The van der Waals surface area contributed by atoms with Crippen LogP contribution in [0.2, 0.25) is 5.02 Å². The van der Waals surface area contributed by atoms with Crippen molar-refractivity contribution < 1.29 is 18.9 Å². The summed E-state index contributed by atoms with van der Waals surface area (Å²) in [7, 11) is -0.557. The summed E-state index contributed by atoms with van der Waals surface area (Å²) in [6, 6.07) is 5.37. The molecule has 8 heteroatoms. The number of benzene rings is 1. The van der Waals surface area contributed by atoms with Gasteiger partial charge in [-0.05, 0) is 69.8 Å². The minimum absolute atomic E-state index is 0.141. The van der Waals surface area contributed by atoms with Gasteiger partial charge in [-0.1, -0.05) is 24.2 Å². The van der Waals surface area contributed by atoms with Crippen LogP contribution >= 0.6 is 11.6 Å². The number of amides is 2. The maximum atomic E-state index is 12.7. The Kier molecular flexibility index (Phi) is 5.73. The van der Waals surface area contributed by atoms with Crippen LogP contribution in [0.1, 0.15) is 52.1 Å². The molecule has 2 aliphatic heterocycles. The first-order valence-electron chi connectivity index (χ1n) is 10.9. The molecule has 1 aromatic rings. The van der Waals surface area contributed by atoms with Crippen molar-refractivity contribution in [3.8, 4) is 0 Å². The van der Waals surface area contributed by atoms with E-state index < -0.39 is 18.3 Å². The number of carbonyl (C=O) groups is 2. The fourth-order valence-electron chi connectivity index (χ4n) is 4.18. The maximum Gasteiger partial charge on any atom is 0.494 e. The number of nitrogens with zero attached hydrogens (tertiary/aromatic N) is 2. The number of piperazine rings is 1. The quantitative estimate of drug-likeness (QED) is 0.529. The Bertz CT molecular complexity index is 899. The zero-order valence-corrected chi connectivity index (χ0v) is 19.4. The molecule has 3 aliphatic rings. The molecule has 31 heavy (non-hydrogen) atoms. The molecule has 0 spiro atoms. The summed E-state index contributed by atoms with van der Waals surface area (Å²) in [6.45, 7) is 13.1. The van der Waals surface area contributed by atoms with Crippen molar-refractivity contribution in [1.29, 1.82) is 0 Å². The molecule has 4 rings (SSSR count). The topological polar surface area (TPSA) is 59.1 Å². The predicted octanol–water partition coefficient (Wildman–Crippen LogP) is 2.95. The van der Waals surface area contributed by atoms with E-state index in [9.17, 15) is 9.59 Å². The van der Waals surface area contributed by atoms with E-state index in [-0.39, 0.29) is 23.8 Å². The van der Waals surface area contributed by atoms with Crippen molar-refractivity contribution in [2.45, 2.75) is 57.8 Å². The molecule has 0 N–H and O–H groups in total. The molecule has 166 valence electrons. The second kappa shape index (κ2) is 7.94. The highest BCUT2D eigenvalue weighted by atomic mass is 35.5. The Morgan fingerprint density at radius 2 is 1.77 bits per heavy atom. The van der Waals surface area contributed by atoms with Gasteiger partial charge in [-0.15, -0.1) is 0 Å². The smallest absolute Gasteiger partial charge is 0.399 e. The molecule has 2 amide bonds. The first-order valence-corrected chi connectivity index (χ1v) is 11.3. The van der Waals surface area contributed by atoms with Gasteiger partial charge in [0.05, 0.1) is 17.2 Å². The fourth-order valence-corrected chi connectivity index (χ4v) is 4.43. The second-order valence-electron chi connectivity index (χ2n) is 9.72. The fraction of sp³-hybridized carbons (Fsp3) is 0.565. The summed E-state index contributed by atoms with van der Waals surface area (Å²) in [6.07, 6.45) is 3.24. The molecule has 0 bridgehead atoms. The van der Waals surface area contributed by atoms with Gasteiger partial charge in [0.2, 0.25) is 11.8 Å². The lowest BCUT2D eigenvalue weighted by molar-refractivity contribution is -0.141. The van der Waals surface area contributed by atoms with Gasteiger partial charge in [0, 0.05) is 30.6 Å². The standard InChI is InChI=1S/C23H30BClN2O4/c1-6-20(28)27-10-9-26(21(29)15-7-8-15)14-19(27)16-11-17(13-18(25)12-16)24-30-22(2,3)23(4,5)31-24/h6,11-13,15,19H,1,7-10,14H2,2-5H3/t19-/m0/s1. The number of hydrogen-bond acceptors (Lipinski definition) is 4. The van der Waals surface area contributed by atoms with E-state index in [4.69, 9.17) is 20.9 Å². The van der Waals surface area contributed by atoms with Crippen LogP contribution in [0.4, 0.5) is 0 Å². The Balaban J connectivity index is 1.66. The molecule has 2 heterocycles. The summed E-state index contributed by atoms with van der Waals surface area (Å²) in [5, 5.41) is 0.541. The molecule has 3 fully saturated rings. The molecule has 0 radical (unpaired) electrons. The van der Waals surface area contributed by atoms with Gasteiger partial charge in [-0.25, -0.2) is 0 Å². The van der Waals surface area contributed by atoms with Crippen molar-refractivity contribution in [2.24, 2.45) is 5.92 Å². The minimum Gasteiger partial charge on any atom is -0.399 e. The Labute approximate surface area is 189 Å². The summed E-state index contributed by atoms with van der Waals surface area (Å²) in [5.74, 6) is 0.173. The van der Waals surface area contributed by atoms with Gasteiger partial charge in [-0.2, -0.15) is 0 Å². The number of rotatable bonds is 4. The van der Waals surface area contributed by atoms with Gasteiger partial charge >= 0.3 is 7.12 Å². The average Bonchev–Trinajstić information content (AvgIpc) is 3.53. The van der Waals surface area contributed by atoms with Crippen LogP contribution in [0.25, 0.3) is 0 Å². The molecule has 1 aromatic carbocycles. The Morgan fingerprint density at radius 1 is 1.13 bits per heavy atom. The third-order valence-electron chi connectivity index (χ3n) is 6.93. The van der Waals surface area contributed by atoms with Crippen LogP contribution in [0.5, 0.6) is 0 Å². The molecule has 0 aromatic heterocycles. The van der Waals surface area contributed by atoms with Crippen molar-refractivity contribution in [3.05, 3.63) is 41.4 Å². The molecule has 1 aliphatic carbocycles. The summed E-state index contributed by atoms with van der Waals surface area (Å²) in [5.41, 5.74) is 0.727. The van der Waals surface area contributed by atoms with Gasteiger partial charge in [0.25, 0.3) is 0 Å². The average molecular weight is 445 g/mol.